The van der Waals surface area contributed by atoms with E-state index < -0.39 is 34.8 Å². The Bertz CT molecular complexity index is 819. The summed E-state index contributed by atoms with van der Waals surface area (Å²) >= 11 is 5.85. The molecule has 0 fully saturated rings. The van der Waals surface area contributed by atoms with E-state index >= 15 is 0 Å². The van der Waals surface area contributed by atoms with Crippen molar-refractivity contribution in [3.63, 3.8) is 0 Å². The second-order valence-electron chi connectivity index (χ2n) is 5.16. The summed E-state index contributed by atoms with van der Waals surface area (Å²) < 4.78 is 68.1. The summed E-state index contributed by atoms with van der Waals surface area (Å²) in [7, 11) is 0. The minimum absolute atomic E-state index is 0.115. The van der Waals surface area contributed by atoms with E-state index in [0.29, 0.717) is 12.1 Å². The largest absolute Gasteiger partial charge is 0.478 e. The van der Waals surface area contributed by atoms with Gasteiger partial charge < -0.3 is 5.11 Å². The van der Waals surface area contributed by atoms with E-state index in [4.69, 9.17) is 5.11 Å². The van der Waals surface area contributed by atoms with Crippen LogP contribution in [0.3, 0.4) is 0 Å². The fourth-order valence-corrected chi connectivity index (χ4v) is 2.99. The fourth-order valence-electron chi connectivity index (χ4n) is 2.18. The van der Waals surface area contributed by atoms with Gasteiger partial charge in [-0.1, -0.05) is 31.9 Å². The predicted octanol–water partition coefficient (Wildman–Crippen LogP) is 6.20. The van der Waals surface area contributed by atoms with Crippen LogP contribution in [-0.4, -0.2) is 11.1 Å². The van der Waals surface area contributed by atoms with Crippen LogP contribution in [0, 0.1) is 0 Å². The van der Waals surface area contributed by atoms with Gasteiger partial charge >= 0.3 is 12.1 Å². The van der Waals surface area contributed by atoms with E-state index in [9.17, 15) is 26.7 Å². The van der Waals surface area contributed by atoms with Crippen LogP contribution in [0.25, 0.3) is 0 Å². The van der Waals surface area contributed by atoms with Crippen LogP contribution in [0.15, 0.2) is 40.9 Å². The first-order valence-corrected chi connectivity index (χ1v) is 8.56. The van der Waals surface area contributed by atoms with Gasteiger partial charge in [0.15, 0.2) is 0 Å². The molecule has 134 valence electrons. The van der Waals surface area contributed by atoms with Gasteiger partial charge in [-0.2, -0.15) is 22.0 Å². The van der Waals surface area contributed by atoms with Crippen molar-refractivity contribution in [2.24, 2.45) is 0 Å². The topological polar surface area (TPSA) is 37.3 Å². The highest BCUT2D eigenvalue weighted by molar-refractivity contribution is 9.10. The van der Waals surface area contributed by atoms with Crippen LogP contribution in [0.4, 0.5) is 22.0 Å². The standard InChI is InChI=1S/C16H9Br2F5O2/c17-7-8-1-9(14(24)25)3-10(2-8)15(19,20)11-4-12(16(21,22)23)6-13(18)5-11/h1-6H,7H2,(H,24,25). The van der Waals surface area contributed by atoms with Crippen LogP contribution >= 0.6 is 31.9 Å². The molecule has 0 amide bonds. The number of hydrogen-bond acceptors (Lipinski definition) is 1. The van der Waals surface area contributed by atoms with E-state index in [1.807, 2.05) is 0 Å². The third-order valence-corrected chi connectivity index (χ3v) is 4.45. The molecule has 0 saturated carbocycles. The first-order chi connectivity index (χ1) is 11.4. The quantitative estimate of drug-likeness (QED) is 0.411. The number of hydrogen-bond donors (Lipinski definition) is 1. The first kappa shape index (κ1) is 19.8. The van der Waals surface area contributed by atoms with Gasteiger partial charge in [0, 0.05) is 20.9 Å². The van der Waals surface area contributed by atoms with E-state index in [2.05, 4.69) is 31.9 Å². The molecule has 2 rings (SSSR count). The second kappa shape index (κ2) is 7.03. The Morgan fingerprint density at radius 2 is 1.48 bits per heavy atom. The number of benzene rings is 2. The lowest BCUT2D eigenvalue weighted by atomic mass is 9.95. The molecule has 0 aliphatic carbocycles. The molecule has 25 heavy (non-hydrogen) atoms. The van der Waals surface area contributed by atoms with Crippen LogP contribution in [-0.2, 0) is 17.4 Å². The summed E-state index contributed by atoms with van der Waals surface area (Å²) in [6.07, 6.45) is -4.79. The Balaban J connectivity index is 2.64. The zero-order chi connectivity index (χ0) is 19.0. The highest BCUT2D eigenvalue weighted by atomic mass is 79.9. The number of rotatable bonds is 4. The van der Waals surface area contributed by atoms with Gasteiger partial charge in [0.05, 0.1) is 11.1 Å². The average Bonchev–Trinajstić information content (AvgIpc) is 2.52. The van der Waals surface area contributed by atoms with Crippen LogP contribution in [0.2, 0.25) is 0 Å². The smallest absolute Gasteiger partial charge is 0.416 e. The maximum Gasteiger partial charge on any atom is 0.416 e. The summed E-state index contributed by atoms with van der Waals surface area (Å²) in [4.78, 5) is 11.1. The van der Waals surface area contributed by atoms with Crippen LogP contribution in [0.5, 0.6) is 0 Å². The maximum absolute atomic E-state index is 14.8. The van der Waals surface area contributed by atoms with E-state index in [1.54, 1.807) is 0 Å². The molecule has 0 bridgehead atoms. The number of carboxylic acids is 1. The molecule has 2 nitrogen and oxygen atoms in total. The lowest BCUT2D eigenvalue weighted by Gasteiger charge is -2.20. The Morgan fingerprint density at radius 1 is 0.920 bits per heavy atom. The molecule has 0 heterocycles. The molecule has 0 aliphatic rings. The highest BCUT2D eigenvalue weighted by Gasteiger charge is 2.38. The van der Waals surface area contributed by atoms with E-state index in [-0.39, 0.29) is 20.9 Å². The summed E-state index contributed by atoms with van der Waals surface area (Å²) in [5, 5.41) is 9.16. The molecule has 2 aromatic carbocycles. The van der Waals surface area contributed by atoms with Crippen LogP contribution in [0.1, 0.15) is 32.6 Å². The van der Waals surface area contributed by atoms with Crippen molar-refractivity contribution in [1.29, 1.82) is 0 Å². The van der Waals surface area contributed by atoms with Gasteiger partial charge in [0.1, 0.15) is 0 Å². The fraction of sp³-hybridized carbons (Fsp3) is 0.188. The monoisotopic (exact) mass is 486 g/mol. The number of carbonyl (C=O) groups is 1. The molecule has 0 atom stereocenters. The predicted molar refractivity (Wildman–Crippen MR) is 88.2 cm³/mol. The summed E-state index contributed by atoms with van der Waals surface area (Å²) in [6, 6.07) is 4.93. The average molecular weight is 488 g/mol. The van der Waals surface area contributed by atoms with Crippen molar-refractivity contribution >= 4 is 37.8 Å². The number of alkyl halides is 6. The molecule has 1 N–H and O–H groups in total. The van der Waals surface area contributed by atoms with E-state index in [1.165, 1.54) is 6.07 Å². The number of carboxylic acid groups (broad SMARTS) is 1. The maximum atomic E-state index is 14.8. The summed E-state index contributed by atoms with van der Waals surface area (Å²) in [5.74, 6) is -5.23. The van der Waals surface area contributed by atoms with Gasteiger partial charge in [-0.3, -0.25) is 0 Å². The van der Waals surface area contributed by atoms with Crippen LogP contribution < -0.4 is 0 Å². The zero-order valence-electron chi connectivity index (χ0n) is 12.2. The third kappa shape index (κ3) is 4.38. The van der Waals surface area contributed by atoms with E-state index in [0.717, 1.165) is 18.2 Å². The summed E-state index contributed by atoms with van der Waals surface area (Å²) in [6.45, 7) is 0. The van der Waals surface area contributed by atoms with Gasteiger partial charge in [-0.15, -0.1) is 0 Å². The molecule has 0 saturated heterocycles. The minimum atomic E-state index is -4.79. The molecule has 0 aliphatic heterocycles. The third-order valence-electron chi connectivity index (χ3n) is 3.34. The number of halogens is 7. The van der Waals surface area contributed by atoms with Crippen molar-refractivity contribution in [2.45, 2.75) is 17.4 Å². The lowest BCUT2D eigenvalue weighted by Crippen LogP contribution is -2.18. The molecular weight excluding hydrogens is 479 g/mol. The minimum Gasteiger partial charge on any atom is -0.478 e. The van der Waals surface area contributed by atoms with Crippen molar-refractivity contribution in [2.75, 3.05) is 0 Å². The molecule has 2 aromatic rings. The van der Waals surface area contributed by atoms with Gasteiger partial charge in [-0.25, -0.2) is 4.79 Å². The normalized spacial score (nSPS) is 12.3. The Morgan fingerprint density at radius 3 is 2.00 bits per heavy atom. The van der Waals surface area contributed by atoms with Crippen molar-refractivity contribution in [3.05, 3.63) is 68.7 Å². The lowest BCUT2D eigenvalue weighted by molar-refractivity contribution is -0.137. The molecular formula is C16H9Br2F5O2. The summed E-state index contributed by atoms with van der Waals surface area (Å²) in [5.41, 5.74) is -2.93. The molecule has 0 spiro atoms. The van der Waals surface area contributed by atoms with Crippen molar-refractivity contribution in [1.82, 2.24) is 0 Å². The second-order valence-corrected chi connectivity index (χ2v) is 6.63. The van der Waals surface area contributed by atoms with Gasteiger partial charge in [-0.05, 0) is 42.0 Å². The molecule has 0 unspecified atom stereocenters. The van der Waals surface area contributed by atoms with Crippen molar-refractivity contribution in [3.8, 4) is 0 Å². The highest BCUT2D eigenvalue weighted by Crippen LogP contribution is 2.41. The Hall–Kier alpha value is -1.48. The SMILES string of the molecule is O=C(O)c1cc(CBr)cc(C(F)(F)c2cc(Br)cc(C(F)(F)F)c2)c1. The Kier molecular flexibility index (Phi) is 5.58. The van der Waals surface area contributed by atoms with Crippen molar-refractivity contribution < 1.29 is 31.9 Å². The molecule has 0 radical (unpaired) electrons. The van der Waals surface area contributed by atoms with Gasteiger partial charge in [0.2, 0.25) is 0 Å². The zero-order valence-corrected chi connectivity index (χ0v) is 15.3. The first-order valence-electron chi connectivity index (χ1n) is 6.65. The molecule has 0 aromatic heterocycles. The molecule has 9 heteroatoms. The van der Waals surface area contributed by atoms with Gasteiger partial charge in [0.25, 0.3) is 5.92 Å². The Labute approximate surface area is 155 Å². The number of aromatic carboxylic acids is 1.